The summed E-state index contributed by atoms with van der Waals surface area (Å²) in [5.41, 5.74) is 8.40. The van der Waals surface area contributed by atoms with Crippen molar-refractivity contribution in [3.05, 3.63) is 35.4 Å². The Kier molecular flexibility index (Phi) is 5.35. The Morgan fingerprint density at radius 2 is 1.78 bits per heavy atom. The molecule has 3 N–H and O–H groups in total. The van der Waals surface area contributed by atoms with E-state index in [-0.39, 0.29) is 18.4 Å². The molecule has 0 unspecified atom stereocenters. The van der Waals surface area contributed by atoms with Gasteiger partial charge in [-0.05, 0) is 29.4 Å². The number of nitrogens with two attached hydrogens (primary N) is 1. The van der Waals surface area contributed by atoms with E-state index in [0.717, 1.165) is 6.42 Å². The predicted octanol–water partition coefficient (Wildman–Crippen LogP) is 2.79. The molecule has 2 atom stereocenters. The molecule has 0 aliphatic heterocycles. The molecule has 100 valence electrons. The maximum absolute atomic E-state index is 10.6. The first-order chi connectivity index (χ1) is 8.40. The summed E-state index contributed by atoms with van der Waals surface area (Å²) in [6.45, 7) is 6.34. The van der Waals surface area contributed by atoms with Crippen LogP contribution in [0.1, 0.15) is 44.2 Å². The fraction of sp³-hybridized carbons (Fsp3) is 0.533. The van der Waals surface area contributed by atoms with E-state index in [1.165, 1.54) is 11.1 Å². The summed E-state index contributed by atoms with van der Waals surface area (Å²) in [4.78, 5) is 10.6. The molecule has 1 aromatic carbocycles. The van der Waals surface area contributed by atoms with Gasteiger partial charge in [0.05, 0.1) is 6.42 Å². The van der Waals surface area contributed by atoms with Gasteiger partial charge in [-0.2, -0.15) is 0 Å². The summed E-state index contributed by atoms with van der Waals surface area (Å²) >= 11 is 0. The molecule has 0 radical (unpaired) electrons. The van der Waals surface area contributed by atoms with E-state index in [0.29, 0.717) is 5.92 Å². The minimum Gasteiger partial charge on any atom is -0.481 e. The van der Waals surface area contributed by atoms with Crippen LogP contribution in [0.2, 0.25) is 0 Å². The van der Waals surface area contributed by atoms with E-state index >= 15 is 0 Å². The monoisotopic (exact) mass is 249 g/mol. The second-order valence-electron chi connectivity index (χ2n) is 5.34. The van der Waals surface area contributed by atoms with Gasteiger partial charge in [0, 0.05) is 6.04 Å². The third kappa shape index (κ3) is 4.49. The van der Waals surface area contributed by atoms with Crippen molar-refractivity contribution < 1.29 is 9.90 Å². The summed E-state index contributed by atoms with van der Waals surface area (Å²) in [5.74, 6) is -0.124. The van der Waals surface area contributed by atoms with Gasteiger partial charge in [0.2, 0.25) is 0 Å². The second kappa shape index (κ2) is 6.55. The zero-order chi connectivity index (χ0) is 13.7. The minimum atomic E-state index is -0.829. The molecule has 0 spiro atoms. The van der Waals surface area contributed by atoms with Gasteiger partial charge in [0.1, 0.15) is 0 Å². The van der Waals surface area contributed by atoms with Crippen molar-refractivity contribution in [2.45, 2.75) is 45.6 Å². The number of hydrogen-bond acceptors (Lipinski definition) is 2. The highest BCUT2D eigenvalue weighted by Gasteiger charge is 2.16. The fourth-order valence-corrected chi connectivity index (χ4v) is 1.96. The largest absolute Gasteiger partial charge is 0.481 e. The summed E-state index contributed by atoms with van der Waals surface area (Å²) in [6.07, 6.45) is 0.859. The van der Waals surface area contributed by atoms with E-state index in [1.54, 1.807) is 0 Å². The Hall–Kier alpha value is -1.35. The molecular weight excluding hydrogens is 226 g/mol. The Balaban J connectivity index is 2.58. The first-order valence-corrected chi connectivity index (χ1v) is 6.46. The molecule has 0 fully saturated rings. The van der Waals surface area contributed by atoms with Crippen LogP contribution in [0.15, 0.2) is 24.3 Å². The van der Waals surface area contributed by atoms with Crippen LogP contribution in [0.3, 0.4) is 0 Å². The lowest BCUT2D eigenvalue weighted by molar-refractivity contribution is -0.137. The van der Waals surface area contributed by atoms with Gasteiger partial charge in [-0.1, -0.05) is 45.0 Å². The van der Waals surface area contributed by atoms with Crippen LogP contribution in [0.4, 0.5) is 0 Å². The van der Waals surface area contributed by atoms with Crippen LogP contribution in [0, 0.1) is 5.92 Å². The third-order valence-electron chi connectivity index (χ3n) is 3.35. The Morgan fingerprint density at radius 1 is 1.22 bits per heavy atom. The zero-order valence-corrected chi connectivity index (χ0v) is 11.4. The van der Waals surface area contributed by atoms with E-state index in [4.69, 9.17) is 10.8 Å². The predicted molar refractivity (Wildman–Crippen MR) is 73.6 cm³/mol. The molecule has 0 aliphatic rings. The number of aliphatic carboxylic acids is 1. The first kappa shape index (κ1) is 14.7. The maximum Gasteiger partial charge on any atom is 0.304 e. The third-order valence-corrected chi connectivity index (χ3v) is 3.35. The first-order valence-electron chi connectivity index (χ1n) is 6.46. The van der Waals surface area contributed by atoms with Gasteiger partial charge in [0.25, 0.3) is 0 Å². The molecule has 0 saturated carbocycles. The van der Waals surface area contributed by atoms with E-state index < -0.39 is 5.97 Å². The van der Waals surface area contributed by atoms with Gasteiger partial charge in [-0.25, -0.2) is 0 Å². The Bertz CT molecular complexity index is 384. The molecule has 0 saturated heterocycles. The van der Waals surface area contributed by atoms with Crippen molar-refractivity contribution in [2.75, 3.05) is 0 Å². The molecular formula is C15H23NO2. The molecule has 3 heteroatoms. The van der Waals surface area contributed by atoms with Crippen molar-refractivity contribution in [1.82, 2.24) is 0 Å². The van der Waals surface area contributed by atoms with Gasteiger partial charge in [0.15, 0.2) is 0 Å². The normalized spacial score (nSPS) is 14.5. The number of rotatable bonds is 6. The molecule has 1 rings (SSSR count). The standard InChI is InChI=1S/C15H23NO2/c1-10(2)13-6-4-12(5-7-13)8-11(3)14(16)9-15(17)18/h4-7,10-11,14H,8-9,16H2,1-3H3,(H,17,18)/t11-,14+/m0/s1. The topological polar surface area (TPSA) is 63.3 Å². The average Bonchev–Trinajstić information content (AvgIpc) is 2.28. The molecule has 0 bridgehead atoms. The number of carboxylic acids is 1. The SMILES string of the molecule is CC(C)c1ccc(C[C@H](C)[C@H](N)CC(=O)O)cc1. The van der Waals surface area contributed by atoms with Crippen molar-refractivity contribution >= 4 is 5.97 Å². The van der Waals surface area contributed by atoms with Gasteiger partial charge < -0.3 is 10.8 Å². The summed E-state index contributed by atoms with van der Waals surface area (Å²) in [6, 6.07) is 8.20. The van der Waals surface area contributed by atoms with Gasteiger partial charge in [-0.15, -0.1) is 0 Å². The molecule has 3 nitrogen and oxygen atoms in total. The van der Waals surface area contributed by atoms with Crippen LogP contribution < -0.4 is 5.73 Å². The minimum absolute atomic E-state index is 0.0330. The van der Waals surface area contributed by atoms with Crippen LogP contribution in [0.25, 0.3) is 0 Å². The summed E-state index contributed by atoms with van der Waals surface area (Å²) in [7, 11) is 0. The molecule has 0 aliphatic carbocycles. The molecule has 18 heavy (non-hydrogen) atoms. The number of carbonyl (C=O) groups is 1. The number of benzene rings is 1. The average molecular weight is 249 g/mol. The lowest BCUT2D eigenvalue weighted by atomic mass is 9.91. The van der Waals surface area contributed by atoms with Crippen LogP contribution in [-0.2, 0) is 11.2 Å². The summed E-state index contributed by atoms with van der Waals surface area (Å²) < 4.78 is 0. The number of hydrogen-bond donors (Lipinski definition) is 2. The van der Waals surface area contributed by atoms with E-state index in [2.05, 4.69) is 38.1 Å². The molecule has 0 aromatic heterocycles. The van der Waals surface area contributed by atoms with Gasteiger partial charge in [-0.3, -0.25) is 4.79 Å². The number of carboxylic acid groups (broad SMARTS) is 1. The van der Waals surface area contributed by atoms with Crippen molar-refractivity contribution in [2.24, 2.45) is 11.7 Å². The Morgan fingerprint density at radius 3 is 2.22 bits per heavy atom. The maximum atomic E-state index is 10.6. The second-order valence-corrected chi connectivity index (χ2v) is 5.34. The summed E-state index contributed by atoms with van der Waals surface area (Å²) in [5, 5.41) is 8.72. The zero-order valence-electron chi connectivity index (χ0n) is 11.4. The Labute approximate surface area is 109 Å². The highest BCUT2D eigenvalue weighted by molar-refractivity contribution is 5.67. The van der Waals surface area contributed by atoms with E-state index in [9.17, 15) is 4.79 Å². The quantitative estimate of drug-likeness (QED) is 0.815. The van der Waals surface area contributed by atoms with Crippen molar-refractivity contribution in [1.29, 1.82) is 0 Å². The van der Waals surface area contributed by atoms with Crippen LogP contribution in [0.5, 0.6) is 0 Å². The van der Waals surface area contributed by atoms with E-state index in [1.807, 2.05) is 6.92 Å². The lowest BCUT2D eigenvalue weighted by Gasteiger charge is -2.18. The lowest BCUT2D eigenvalue weighted by Crippen LogP contribution is -2.32. The molecule has 0 amide bonds. The highest BCUT2D eigenvalue weighted by atomic mass is 16.4. The van der Waals surface area contributed by atoms with Crippen molar-refractivity contribution in [3.63, 3.8) is 0 Å². The van der Waals surface area contributed by atoms with Crippen LogP contribution >= 0.6 is 0 Å². The fourth-order valence-electron chi connectivity index (χ4n) is 1.96. The smallest absolute Gasteiger partial charge is 0.304 e. The molecule has 0 heterocycles. The highest BCUT2D eigenvalue weighted by Crippen LogP contribution is 2.18. The van der Waals surface area contributed by atoms with Crippen molar-refractivity contribution in [3.8, 4) is 0 Å². The van der Waals surface area contributed by atoms with Gasteiger partial charge >= 0.3 is 5.97 Å². The van der Waals surface area contributed by atoms with Crippen LogP contribution in [-0.4, -0.2) is 17.1 Å². The molecule has 1 aromatic rings.